The Labute approximate surface area is 250 Å². The Morgan fingerprint density at radius 1 is 0.548 bits per heavy atom. The zero-order valence-corrected chi connectivity index (χ0v) is 25.8. The second-order valence-corrected chi connectivity index (χ2v) is 13.9. The Bertz CT molecular complexity index is 1590. The molecule has 0 bridgehead atoms. The molecule has 216 valence electrons. The number of hydrogen-bond donors (Lipinski definition) is 2. The zero-order chi connectivity index (χ0) is 30.3. The van der Waals surface area contributed by atoms with E-state index in [4.69, 9.17) is 0 Å². The standard InChI is InChI=1S/C38H42N2O2/c1-35(2,3)33(41)39-29-21-17-26(18-22-29)37(7)25-38(27-13-9-8-10-14-27,32-16-12-11-15-31(32)37)28-19-23-30(24-20-28)40-34(42)36(4,5)6/h8-24H,25H2,1-7H3,(H,39,41)(H,40,42). The lowest BCUT2D eigenvalue weighted by atomic mass is 9.67. The van der Waals surface area contributed by atoms with Gasteiger partial charge in [0.1, 0.15) is 0 Å². The van der Waals surface area contributed by atoms with Gasteiger partial charge in [-0.15, -0.1) is 0 Å². The molecule has 4 aromatic rings. The lowest BCUT2D eigenvalue weighted by Crippen LogP contribution is -2.31. The maximum atomic E-state index is 12.7. The summed E-state index contributed by atoms with van der Waals surface area (Å²) in [7, 11) is 0. The smallest absolute Gasteiger partial charge is 0.229 e. The highest BCUT2D eigenvalue weighted by atomic mass is 16.2. The van der Waals surface area contributed by atoms with Crippen LogP contribution in [-0.4, -0.2) is 11.8 Å². The summed E-state index contributed by atoms with van der Waals surface area (Å²) in [5, 5.41) is 6.13. The van der Waals surface area contributed by atoms with Gasteiger partial charge >= 0.3 is 0 Å². The first kappa shape index (κ1) is 29.3. The molecule has 1 aliphatic rings. The summed E-state index contributed by atoms with van der Waals surface area (Å²) >= 11 is 0. The molecule has 42 heavy (non-hydrogen) atoms. The van der Waals surface area contributed by atoms with Crippen LogP contribution in [0, 0.1) is 10.8 Å². The first-order valence-electron chi connectivity index (χ1n) is 14.7. The Morgan fingerprint density at radius 3 is 1.43 bits per heavy atom. The largest absolute Gasteiger partial charge is 0.326 e. The Morgan fingerprint density at radius 2 is 0.952 bits per heavy atom. The Balaban J connectivity index is 1.59. The summed E-state index contributed by atoms with van der Waals surface area (Å²) in [6.07, 6.45) is 0.838. The molecule has 0 heterocycles. The van der Waals surface area contributed by atoms with Crippen molar-refractivity contribution < 1.29 is 9.59 Å². The molecule has 2 amide bonds. The average molecular weight is 559 g/mol. The maximum absolute atomic E-state index is 12.7. The van der Waals surface area contributed by atoms with Crippen molar-refractivity contribution in [1.29, 1.82) is 0 Å². The lowest BCUT2D eigenvalue weighted by Gasteiger charge is -2.35. The molecule has 4 aromatic carbocycles. The van der Waals surface area contributed by atoms with E-state index in [0.717, 1.165) is 17.8 Å². The van der Waals surface area contributed by atoms with Crippen LogP contribution >= 0.6 is 0 Å². The SMILES string of the molecule is CC(C)(C)C(=O)Nc1ccc(C2(C)CC(c3ccccc3)(c3ccc(NC(=O)C(C)(C)C)cc3)c3ccccc32)cc1. The number of hydrogen-bond acceptors (Lipinski definition) is 2. The maximum Gasteiger partial charge on any atom is 0.229 e. The summed E-state index contributed by atoms with van der Waals surface area (Å²) in [4.78, 5) is 25.3. The van der Waals surface area contributed by atoms with Crippen molar-refractivity contribution in [2.75, 3.05) is 10.6 Å². The van der Waals surface area contributed by atoms with Crippen molar-refractivity contribution in [3.8, 4) is 0 Å². The molecule has 0 spiro atoms. The van der Waals surface area contributed by atoms with Crippen LogP contribution < -0.4 is 10.6 Å². The molecule has 0 saturated carbocycles. The van der Waals surface area contributed by atoms with Crippen LogP contribution in [0.2, 0.25) is 0 Å². The molecule has 0 saturated heterocycles. The molecule has 4 heteroatoms. The van der Waals surface area contributed by atoms with Crippen LogP contribution in [0.1, 0.15) is 82.7 Å². The van der Waals surface area contributed by atoms with E-state index in [9.17, 15) is 9.59 Å². The number of fused-ring (bicyclic) bond motifs is 1. The zero-order valence-electron chi connectivity index (χ0n) is 25.8. The van der Waals surface area contributed by atoms with E-state index in [1.165, 1.54) is 27.8 Å². The van der Waals surface area contributed by atoms with Crippen LogP contribution in [0.3, 0.4) is 0 Å². The first-order valence-corrected chi connectivity index (χ1v) is 14.7. The minimum Gasteiger partial charge on any atom is -0.326 e. The van der Waals surface area contributed by atoms with E-state index < -0.39 is 16.2 Å². The molecule has 0 aromatic heterocycles. The molecule has 1 aliphatic carbocycles. The fraction of sp³-hybridized carbons (Fsp3) is 0.316. The van der Waals surface area contributed by atoms with Gasteiger partial charge in [-0.1, -0.05) is 127 Å². The third kappa shape index (κ3) is 5.27. The highest BCUT2D eigenvalue weighted by Gasteiger charge is 2.52. The number of carbonyl (C=O) groups excluding carboxylic acids is 2. The van der Waals surface area contributed by atoms with Crippen molar-refractivity contribution in [1.82, 2.24) is 0 Å². The average Bonchev–Trinajstić information content (AvgIpc) is 3.24. The quantitative estimate of drug-likeness (QED) is 0.257. The summed E-state index contributed by atoms with van der Waals surface area (Å²) in [6.45, 7) is 13.8. The number of amides is 2. The molecule has 0 fully saturated rings. The van der Waals surface area contributed by atoms with Gasteiger partial charge in [0, 0.05) is 33.0 Å². The van der Waals surface area contributed by atoms with E-state index in [2.05, 4.69) is 96.4 Å². The molecule has 0 radical (unpaired) electrons. The molecular formula is C38H42N2O2. The van der Waals surface area contributed by atoms with Gasteiger partial charge in [0.2, 0.25) is 11.8 Å². The van der Waals surface area contributed by atoms with Gasteiger partial charge in [-0.3, -0.25) is 9.59 Å². The van der Waals surface area contributed by atoms with Gasteiger partial charge < -0.3 is 10.6 Å². The van der Waals surface area contributed by atoms with Crippen molar-refractivity contribution in [3.63, 3.8) is 0 Å². The van der Waals surface area contributed by atoms with Crippen molar-refractivity contribution in [2.45, 2.75) is 65.7 Å². The van der Waals surface area contributed by atoms with Crippen LogP contribution in [-0.2, 0) is 20.4 Å². The predicted molar refractivity (Wildman–Crippen MR) is 173 cm³/mol. The molecule has 2 N–H and O–H groups in total. The third-order valence-electron chi connectivity index (χ3n) is 8.64. The Hall–Kier alpha value is -4.18. The molecule has 0 aliphatic heterocycles. The van der Waals surface area contributed by atoms with E-state index in [-0.39, 0.29) is 17.2 Å². The summed E-state index contributed by atoms with van der Waals surface area (Å²) in [5.41, 5.74) is 6.21. The highest BCUT2D eigenvalue weighted by molar-refractivity contribution is 5.95. The van der Waals surface area contributed by atoms with Crippen LogP contribution in [0.25, 0.3) is 0 Å². The van der Waals surface area contributed by atoms with Crippen molar-refractivity contribution in [2.24, 2.45) is 10.8 Å². The first-order chi connectivity index (χ1) is 19.7. The molecular weight excluding hydrogens is 516 g/mol. The van der Waals surface area contributed by atoms with Crippen LogP contribution in [0.4, 0.5) is 11.4 Å². The fourth-order valence-electron chi connectivity index (χ4n) is 6.12. The summed E-state index contributed by atoms with van der Waals surface area (Å²) < 4.78 is 0. The van der Waals surface area contributed by atoms with Gasteiger partial charge in [0.05, 0.1) is 0 Å². The van der Waals surface area contributed by atoms with Gasteiger partial charge in [-0.2, -0.15) is 0 Å². The molecule has 5 rings (SSSR count). The minimum absolute atomic E-state index is 0.00194. The second-order valence-electron chi connectivity index (χ2n) is 13.9. The second kappa shape index (κ2) is 10.6. The topological polar surface area (TPSA) is 58.2 Å². The number of carbonyl (C=O) groups is 2. The van der Waals surface area contributed by atoms with Gasteiger partial charge in [-0.25, -0.2) is 0 Å². The normalized spacial score (nSPS) is 20.1. The Kier molecular flexibility index (Phi) is 7.39. The van der Waals surface area contributed by atoms with E-state index in [1.54, 1.807) is 0 Å². The summed E-state index contributed by atoms with van der Waals surface area (Å²) in [5.74, 6) is -0.00754. The van der Waals surface area contributed by atoms with E-state index in [1.807, 2.05) is 65.8 Å². The number of anilines is 2. The van der Waals surface area contributed by atoms with Crippen LogP contribution in [0.15, 0.2) is 103 Å². The monoisotopic (exact) mass is 558 g/mol. The van der Waals surface area contributed by atoms with E-state index >= 15 is 0 Å². The highest BCUT2D eigenvalue weighted by Crippen LogP contribution is 2.58. The number of nitrogens with one attached hydrogen (secondary N) is 2. The summed E-state index contributed by atoms with van der Waals surface area (Å²) in [6, 6.07) is 36.2. The lowest BCUT2D eigenvalue weighted by molar-refractivity contribution is -0.123. The molecule has 2 atom stereocenters. The third-order valence-corrected chi connectivity index (χ3v) is 8.64. The molecule has 4 nitrogen and oxygen atoms in total. The minimum atomic E-state index is -0.471. The van der Waals surface area contributed by atoms with Gasteiger partial charge in [0.15, 0.2) is 0 Å². The predicted octanol–water partition coefficient (Wildman–Crippen LogP) is 8.70. The van der Waals surface area contributed by atoms with Crippen molar-refractivity contribution >= 4 is 23.2 Å². The van der Waals surface area contributed by atoms with Crippen molar-refractivity contribution in [3.05, 3.63) is 131 Å². The number of rotatable bonds is 5. The molecule has 2 unspecified atom stereocenters. The van der Waals surface area contributed by atoms with Gasteiger partial charge in [0.25, 0.3) is 0 Å². The van der Waals surface area contributed by atoms with Gasteiger partial charge in [-0.05, 0) is 58.5 Å². The number of benzene rings is 4. The van der Waals surface area contributed by atoms with E-state index in [0.29, 0.717) is 0 Å². The van der Waals surface area contributed by atoms with Crippen LogP contribution in [0.5, 0.6) is 0 Å². The fourth-order valence-corrected chi connectivity index (χ4v) is 6.12.